The minimum Gasteiger partial charge on any atom is -0.497 e. The monoisotopic (exact) mass is 420 g/mol. The van der Waals surface area contributed by atoms with Crippen LogP contribution in [0.25, 0.3) is 0 Å². The molecule has 0 saturated carbocycles. The summed E-state index contributed by atoms with van der Waals surface area (Å²) >= 11 is 0. The van der Waals surface area contributed by atoms with E-state index in [2.05, 4.69) is 5.32 Å². The van der Waals surface area contributed by atoms with E-state index in [4.69, 9.17) is 9.47 Å². The normalized spacial score (nSPS) is 22.3. The lowest BCUT2D eigenvalue weighted by atomic mass is 9.78. The van der Waals surface area contributed by atoms with Gasteiger partial charge in [0.05, 0.1) is 37.4 Å². The Morgan fingerprint density at radius 1 is 1.06 bits per heavy atom. The van der Waals surface area contributed by atoms with Gasteiger partial charge < -0.3 is 14.8 Å². The Kier molecular flexibility index (Phi) is 5.50. The zero-order chi connectivity index (χ0) is 22.1. The first-order valence-corrected chi connectivity index (χ1v) is 10.1. The molecule has 1 saturated heterocycles. The number of methoxy groups -OCH3 is 2. The van der Waals surface area contributed by atoms with Gasteiger partial charge in [-0.1, -0.05) is 25.1 Å². The fraction of sp³-hybridized carbons (Fsp3) is 0.292. The van der Waals surface area contributed by atoms with Crippen molar-refractivity contribution in [3.05, 3.63) is 60.2 Å². The number of benzene rings is 2. The van der Waals surface area contributed by atoms with Crippen LogP contribution in [0.3, 0.4) is 0 Å². The number of allylic oxidation sites excluding steroid dienone is 2. The molecule has 160 valence electrons. The second-order valence-electron chi connectivity index (χ2n) is 7.74. The number of imide groups is 1. The highest BCUT2D eigenvalue weighted by Crippen LogP contribution is 2.40. The quantitative estimate of drug-likeness (QED) is 0.589. The van der Waals surface area contributed by atoms with E-state index < -0.39 is 0 Å². The van der Waals surface area contributed by atoms with Gasteiger partial charge in [0.2, 0.25) is 11.8 Å². The van der Waals surface area contributed by atoms with Crippen LogP contribution in [0.5, 0.6) is 11.5 Å². The van der Waals surface area contributed by atoms with Crippen molar-refractivity contribution in [1.29, 1.82) is 0 Å². The molecule has 1 fully saturated rings. The van der Waals surface area contributed by atoms with E-state index in [0.717, 1.165) is 0 Å². The summed E-state index contributed by atoms with van der Waals surface area (Å²) in [6.45, 7) is 1.95. The Bertz CT molecular complexity index is 1080. The number of rotatable bonds is 5. The number of hydrogen-bond donors (Lipinski definition) is 1. The van der Waals surface area contributed by atoms with Gasteiger partial charge in [0, 0.05) is 11.6 Å². The number of carbonyl (C=O) groups is 3. The van der Waals surface area contributed by atoms with Gasteiger partial charge in [0.25, 0.3) is 5.91 Å². The van der Waals surface area contributed by atoms with Crippen LogP contribution in [0.4, 0.5) is 11.4 Å². The molecular weight excluding hydrogens is 396 g/mol. The van der Waals surface area contributed by atoms with Crippen LogP contribution < -0.4 is 19.7 Å². The Labute approximate surface area is 180 Å². The zero-order valence-corrected chi connectivity index (χ0v) is 17.6. The van der Waals surface area contributed by atoms with E-state index in [0.29, 0.717) is 34.9 Å². The molecule has 0 radical (unpaired) electrons. The van der Waals surface area contributed by atoms with Gasteiger partial charge in [-0.05, 0) is 42.7 Å². The average molecular weight is 420 g/mol. The molecule has 2 aromatic rings. The number of amides is 3. The fourth-order valence-corrected chi connectivity index (χ4v) is 4.28. The van der Waals surface area contributed by atoms with Crippen LogP contribution >= 0.6 is 0 Å². The first kappa shape index (κ1) is 20.7. The fourth-order valence-electron chi connectivity index (χ4n) is 4.28. The molecule has 2 aliphatic rings. The zero-order valence-electron chi connectivity index (χ0n) is 17.6. The van der Waals surface area contributed by atoms with Gasteiger partial charge in [-0.3, -0.25) is 19.3 Å². The molecule has 3 atom stereocenters. The van der Waals surface area contributed by atoms with E-state index in [1.165, 1.54) is 12.0 Å². The maximum atomic E-state index is 13.0. The topological polar surface area (TPSA) is 84.9 Å². The molecule has 0 aromatic heterocycles. The third kappa shape index (κ3) is 3.67. The summed E-state index contributed by atoms with van der Waals surface area (Å²) in [5.41, 5.74) is 1.22. The van der Waals surface area contributed by atoms with Gasteiger partial charge in [0.1, 0.15) is 11.5 Å². The van der Waals surface area contributed by atoms with E-state index in [9.17, 15) is 14.4 Å². The number of ether oxygens (including phenoxy) is 2. The van der Waals surface area contributed by atoms with Crippen molar-refractivity contribution in [2.45, 2.75) is 13.3 Å². The lowest BCUT2D eigenvalue weighted by Gasteiger charge is -2.22. The van der Waals surface area contributed by atoms with Crippen molar-refractivity contribution >= 4 is 29.1 Å². The summed E-state index contributed by atoms with van der Waals surface area (Å²) < 4.78 is 10.5. The molecule has 7 nitrogen and oxygen atoms in total. The molecule has 3 amide bonds. The second-order valence-corrected chi connectivity index (χ2v) is 7.74. The highest BCUT2D eigenvalue weighted by molar-refractivity contribution is 6.22. The van der Waals surface area contributed by atoms with Crippen LogP contribution in [-0.2, 0) is 9.59 Å². The summed E-state index contributed by atoms with van der Waals surface area (Å²) in [4.78, 5) is 40.1. The molecule has 1 N–H and O–H groups in total. The number of nitrogens with zero attached hydrogens (tertiary/aromatic N) is 1. The summed E-state index contributed by atoms with van der Waals surface area (Å²) in [5.74, 6) is -0.410. The van der Waals surface area contributed by atoms with Crippen LogP contribution in [0.1, 0.15) is 23.7 Å². The summed E-state index contributed by atoms with van der Waals surface area (Å²) in [6, 6.07) is 11.6. The van der Waals surface area contributed by atoms with Crippen molar-refractivity contribution < 1.29 is 23.9 Å². The molecule has 2 aromatic carbocycles. The van der Waals surface area contributed by atoms with Crippen molar-refractivity contribution in [2.24, 2.45) is 17.8 Å². The third-order valence-corrected chi connectivity index (χ3v) is 5.90. The van der Waals surface area contributed by atoms with E-state index >= 15 is 0 Å². The molecule has 4 rings (SSSR count). The van der Waals surface area contributed by atoms with Gasteiger partial charge in [0.15, 0.2) is 0 Å². The van der Waals surface area contributed by atoms with Gasteiger partial charge in [-0.15, -0.1) is 0 Å². The molecule has 0 bridgehead atoms. The summed E-state index contributed by atoms with van der Waals surface area (Å²) in [6.07, 6.45) is 4.52. The predicted molar refractivity (Wildman–Crippen MR) is 116 cm³/mol. The van der Waals surface area contributed by atoms with Crippen molar-refractivity contribution in [3.63, 3.8) is 0 Å². The van der Waals surface area contributed by atoms with Crippen molar-refractivity contribution in [1.82, 2.24) is 0 Å². The van der Waals surface area contributed by atoms with Crippen LogP contribution in [-0.4, -0.2) is 31.9 Å². The molecular formula is C24H24N2O5. The standard InChI is InChI=1S/C24H24N2O5/c1-14-6-4-9-18-21(14)24(29)26(23(18)28)16-8-5-7-15(12-16)22(27)25-19-11-10-17(30-2)13-20(19)31-3/h4-8,10-14,18,21H,9H2,1-3H3,(H,25,27)/t14-,18-,21+/m1/s1. The predicted octanol–water partition coefficient (Wildman–Crippen LogP) is 3.66. The first-order valence-electron chi connectivity index (χ1n) is 10.1. The molecule has 1 aliphatic heterocycles. The van der Waals surface area contributed by atoms with Crippen molar-refractivity contribution in [2.75, 3.05) is 24.4 Å². The third-order valence-electron chi connectivity index (χ3n) is 5.90. The maximum Gasteiger partial charge on any atom is 0.255 e. The van der Waals surface area contributed by atoms with E-state index in [-0.39, 0.29) is 35.5 Å². The van der Waals surface area contributed by atoms with Gasteiger partial charge in [-0.2, -0.15) is 0 Å². The summed E-state index contributed by atoms with van der Waals surface area (Å²) in [5, 5.41) is 2.81. The number of carbonyl (C=O) groups excluding carboxylic acids is 3. The highest BCUT2D eigenvalue weighted by Gasteiger charge is 2.50. The first-order chi connectivity index (χ1) is 14.9. The smallest absolute Gasteiger partial charge is 0.255 e. The Hall–Kier alpha value is -3.61. The van der Waals surface area contributed by atoms with Gasteiger partial charge in [-0.25, -0.2) is 0 Å². The minimum atomic E-state index is -0.378. The Balaban J connectivity index is 1.59. The lowest BCUT2D eigenvalue weighted by Crippen LogP contribution is -2.31. The SMILES string of the molecule is COc1ccc(NC(=O)c2cccc(N3C(=O)[C@H]4[C@H](C)C=CC[C@H]4C3=O)c2)c(OC)c1. The van der Waals surface area contributed by atoms with Crippen LogP contribution in [0.15, 0.2) is 54.6 Å². The average Bonchev–Trinajstić information content (AvgIpc) is 3.05. The molecule has 0 unspecified atom stereocenters. The van der Waals surface area contributed by atoms with E-state index in [1.54, 1.807) is 49.6 Å². The van der Waals surface area contributed by atoms with E-state index in [1.807, 2.05) is 19.1 Å². The highest BCUT2D eigenvalue weighted by atomic mass is 16.5. The maximum absolute atomic E-state index is 13.0. The summed E-state index contributed by atoms with van der Waals surface area (Å²) in [7, 11) is 3.05. The van der Waals surface area contributed by atoms with Crippen LogP contribution in [0, 0.1) is 17.8 Å². The number of fused-ring (bicyclic) bond motifs is 1. The molecule has 0 spiro atoms. The Morgan fingerprint density at radius 2 is 1.87 bits per heavy atom. The molecule has 1 aliphatic carbocycles. The number of nitrogens with one attached hydrogen (secondary N) is 1. The second kappa shape index (κ2) is 8.26. The molecule has 7 heteroatoms. The Morgan fingerprint density at radius 3 is 2.58 bits per heavy atom. The lowest BCUT2D eigenvalue weighted by molar-refractivity contribution is -0.122. The number of hydrogen-bond acceptors (Lipinski definition) is 5. The molecule has 31 heavy (non-hydrogen) atoms. The minimum absolute atomic E-state index is 0.00854. The van der Waals surface area contributed by atoms with Crippen LogP contribution in [0.2, 0.25) is 0 Å². The van der Waals surface area contributed by atoms with Crippen molar-refractivity contribution in [3.8, 4) is 11.5 Å². The molecule has 1 heterocycles. The van der Waals surface area contributed by atoms with Gasteiger partial charge >= 0.3 is 0 Å². The largest absolute Gasteiger partial charge is 0.497 e. The number of anilines is 2.